The summed E-state index contributed by atoms with van der Waals surface area (Å²) in [4.78, 5) is 0. The first kappa shape index (κ1) is 14.6. The molecular weight excluding hydrogens is 230 g/mol. The van der Waals surface area contributed by atoms with Crippen LogP contribution in [0, 0.1) is 12.8 Å². The lowest BCUT2D eigenvalue weighted by Crippen LogP contribution is -2.29. The smallest absolute Gasteiger partial charge is 0.00204 e. The molecule has 1 nitrogen and oxygen atoms in total. The van der Waals surface area contributed by atoms with Crippen molar-refractivity contribution in [3.8, 4) is 0 Å². The minimum atomic E-state index is 0.260. The Morgan fingerprint density at radius 2 is 2.05 bits per heavy atom. The van der Waals surface area contributed by atoms with Gasteiger partial charge < -0.3 is 5.32 Å². The highest BCUT2D eigenvalue weighted by molar-refractivity contribution is 5.34. The summed E-state index contributed by atoms with van der Waals surface area (Å²) in [5, 5.41) is 3.51. The highest BCUT2D eigenvalue weighted by atomic mass is 14.9. The Morgan fingerprint density at radius 3 is 2.63 bits per heavy atom. The van der Waals surface area contributed by atoms with E-state index < -0.39 is 0 Å². The van der Waals surface area contributed by atoms with Gasteiger partial charge >= 0.3 is 0 Å². The van der Waals surface area contributed by atoms with E-state index in [1.165, 1.54) is 49.9 Å². The van der Waals surface area contributed by atoms with Gasteiger partial charge in [-0.25, -0.2) is 0 Å². The molecule has 19 heavy (non-hydrogen) atoms. The lowest BCUT2D eigenvalue weighted by atomic mass is 9.84. The number of aryl methyl sites for hydroxylation is 2. The average Bonchev–Trinajstić information content (AvgIpc) is 2.37. The molecule has 0 spiro atoms. The van der Waals surface area contributed by atoms with E-state index in [9.17, 15) is 0 Å². The molecular formula is C18H29N. The van der Waals surface area contributed by atoms with Crippen molar-refractivity contribution in [1.82, 2.24) is 5.32 Å². The standard InChI is InChI=1S/C18H29N/c1-14-12-17(18(2,3)4)10-9-16(14)8-7-15-6-5-11-19-13-15/h9-10,12,15,19H,5-8,11,13H2,1-4H3. The van der Waals surface area contributed by atoms with Crippen molar-refractivity contribution in [3.05, 3.63) is 34.9 Å². The summed E-state index contributed by atoms with van der Waals surface area (Å²) in [6, 6.07) is 7.06. The van der Waals surface area contributed by atoms with Crippen molar-refractivity contribution < 1.29 is 0 Å². The van der Waals surface area contributed by atoms with Crippen molar-refractivity contribution in [3.63, 3.8) is 0 Å². The second kappa shape index (κ2) is 6.09. The monoisotopic (exact) mass is 259 g/mol. The van der Waals surface area contributed by atoms with Gasteiger partial charge in [0.05, 0.1) is 0 Å². The Labute approximate surface area is 118 Å². The molecule has 1 heterocycles. The zero-order valence-electron chi connectivity index (χ0n) is 13.1. The van der Waals surface area contributed by atoms with Crippen LogP contribution < -0.4 is 5.32 Å². The van der Waals surface area contributed by atoms with E-state index in [4.69, 9.17) is 0 Å². The predicted octanol–water partition coefficient (Wildman–Crippen LogP) is 4.22. The van der Waals surface area contributed by atoms with Gasteiger partial charge in [-0.15, -0.1) is 0 Å². The van der Waals surface area contributed by atoms with E-state index in [1.807, 2.05) is 0 Å². The molecule has 1 aromatic carbocycles. The van der Waals surface area contributed by atoms with E-state index in [0.717, 1.165) is 5.92 Å². The van der Waals surface area contributed by atoms with Gasteiger partial charge in [0.25, 0.3) is 0 Å². The Balaban J connectivity index is 1.97. The molecule has 0 bridgehead atoms. The van der Waals surface area contributed by atoms with Crippen molar-refractivity contribution in [2.75, 3.05) is 13.1 Å². The van der Waals surface area contributed by atoms with E-state index in [0.29, 0.717) is 0 Å². The summed E-state index contributed by atoms with van der Waals surface area (Å²) in [7, 11) is 0. The van der Waals surface area contributed by atoms with Crippen molar-refractivity contribution in [2.24, 2.45) is 5.92 Å². The molecule has 106 valence electrons. The molecule has 2 rings (SSSR count). The fourth-order valence-electron chi connectivity index (χ4n) is 2.97. The molecule has 1 fully saturated rings. The van der Waals surface area contributed by atoms with Crippen molar-refractivity contribution in [1.29, 1.82) is 0 Å². The van der Waals surface area contributed by atoms with Crippen LogP contribution in [0.1, 0.15) is 56.7 Å². The topological polar surface area (TPSA) is 12.0 Å². The summed E-state index contributed by atoms with van der Waals surface area (Å²) < 4.78 is 0. The van der Waals surface area contributed by atoms with Gasteiger partial charge in [-0.1, -0.05) is 39.0 Å². The molecule has 0 aromatic heterocycles. The van der Waals surface area contributed by atoms with E-state index in [1.54, 1.807) is 5.56 Å². The maximum Gasteiger partial charge on any atom is -0.00204 e. The van der Waals surface area contributed by atoms with Crippen molar-refractivity contribution in [2.45, 2.75) is 58.8 Å². The van der Waals surface area contributed by atoms with Crippen molar-refractivity contribution >= 4 is 0 Å². The third-order valence-corrected chi connectivity index (χ3v) is 4.43. The Kier molecular flexibility index (Phi) is 4.67. The highest BCUT2D eigenvalue weighted by Crippen LogP contribution is 2.26. The molecule has 1 aromatic rings. The lowest BCUT2D eigenvalue weighted by Gasteiger charge is -2.24. The van der Waals surface area contributed by atoms with Gasteiger partial charge in [-0.05, 0) is 73.7 Å². The van der Waals surface area contributed by atoms with Crippen LogP contribution in [0.25, 0.3) is 0 Å². The normalized spacial score (nSPS) is 20.5. The van der Waals surface area contributed by atoms with Gasteiger partial charge in [0, 0.05) is 0 Å². The number of piperidine rings is 1. The number of rotatable bonds is 3. The Hall–Kier alpha value is -0.820. The number of benzene rings is 1. The van der Waals surface area contributed by atoms with E-state index in [2.05, 4.69) is 51.2 Å². The maximum atomic E-state index is 3.51. The predicted molar refractivity (Wildman–Crippen MR) is 83.8 cm³/mol. The van der Waals surface area contributed by atoms with Gasteiger partial charge in [-0.2, -0.15) is 0 Å². The van der Waals surface area contributed by atoms with E-state index >= 15 is 0 Å². The second-order valence-electron chi connectivity index (χ2n) is 7.14. The van der Waals surface area contributed by atoms with Crippen LogP contribution in [0.4, 0.5) is 0 Å². The molecule has 1 saturated heterocycles. The van der Waals surface area contributed by atoms with Crippen LogP contribution >= 0.6 is 0 Å². The summed E-state index contributed by atoms with van der Waals surface area (Å²) in [6.45, 7) is 11.6. The molecule has 1 heteroatoms. The van der Waals surface area contributed by atoms with Gasteiger partial charge in [0.1, 0.15) is 0 Å². The van der Waals surface area contributed by atoms with Crippen LogP contribution in [0.15, 0.2) is 18.2 Å². The first-order chi connectivity index (χ1) is 8.97. The molecule has 1 aliphatic heterocycles. The Morgan fingerprint density at radius 1 is 1.26 bits per heavy atom. The fraction of sp³-hybridized carbons (Fsp3) is 0.667. The van der Waals surface area contributed by atoms with Gasteiger partial charge in [0.2, 0.25) is 0 Å². The molecule has 1 N–H and O–H groups in total. The number of hydrogen-bond acceptors (Lipinski definition) is 1. The fourth-order valence-corrected chi connectivity index (χ4v) is 2.97. The quantitative estimate of drug-likeness (QED) is 0.857. The Bertz CT molecular complexity index is 408. The molecule has 1 atom stereocenters. The minimum Gasteiger partial charge on any atom is -0.316 e. The van der Waals surface area contributed by atoms with Gasteiger partial charge in [0.15, 0.2) is 0 Å². The SMILES string of the molecule is Cc1cc(C(C)(C)C)ccc1CCC1CCCNC1. The summed E-state index contributed by atoms with van der Waals surface area (Å²) in [5.41, 5.74) is 4.72. The van der Waals surface area contributed by atoms with Crippen LogP contribution in [-0.4, -0.2) is 13.1 Å². The van der Waals surface area contributed by atoms with Crippen LogP contribution in [0.5, 0.6) is 0 Å². The molecule has 0 aliphatic carbocycles. The van der Waals surface area contributed by atoms with Crippen LogP contribution in [0.2, 0.25) is 0 Å². The first-order valence-corrected chi connectivity index (χ1v) is 7.77. The van der Waals surface area contributed by atoms with Crippen LogP contribution in [-0.2, 0) is 11.8 Å². The minimum absolute atomic E-state index is 0.260. The molecule has 1 aliphatic rings. The zero-order valence-corrected chi connectivity index (χ0v) is 13.1. The molecule has 0 radical (unpaired) electrons. The third kappa shape index (κ3) is 4.07. The molecule has 0 amide bonds. The average molecular weight is 259 g/mol. The van der Waals surface area contributed by atoms with Gasteiger partial charge in [-0.3, -0.25) is 0 Å². The van der Waals surface area contributed by atoms with E-state index in [-0.39, 0.29) is 5.41 Å². The number of hydrogen-bond donors (Lipinski definition) is 1. The van der Waals surface area contributed by atoms with Crippen LogP contribution in [0.3, 0.4) is 0 Å². The third-order valence-electron chi connectivity index (χ3n) is 4.43. The maximum absolute atomic E-state index is 3.51. The highest BCUT2D eigenvalue weighted by Gasteiger charge is 2.16. The summed E-state index contributed by atoms with van der Waals surface area (Å²) in [6.07, 6.45) is 5.34. The first-order valence-electron chi connectivity index (χ1n) is 7.77. The number of nitrogens with one attached hydrogen (secondary N) is 1. The molecule has 1 unspecified atom stereocenters. The summed E-state index contributed by atoms with van der Waals surface area (Å²) >= 11 is 0. The zero-order chi connectivity index (χ0) is 13.9. The lowest BCUT2D eigenvalue weighted by molar-refractivity contribution is 0.358. The second-order valence-corrected chi connectivity index (χ2v) is 7.14. The summed E-state index contributed by atoms with van der Waals surface area (Å²) in [5.74, 6) is 0.885. The largest absolute Gasteiger partial charge is 0.316 e. The molecule has 0 saturated carbocycles.